The first-order chi connectivity index (χ1) is 19.5. The average molecular weight is 593 g/mol. The normalized spacial score (nSPS) is 15.2. The number of anilines is 3. The van der Waals surface area contributed by atoms with Gasteiger partial charge in [-0.15, -0.1) is 0 Å². The standard InChI is InChI=1S/C27H32F3N6O4P/c1-35-13-11-18(12-14-35)32-24(37)17-9-10-20(23(15-17)39-3)33-26-31-16-19(27(28,29)30)25(34-26)40-22-8-6-5-7-21(22)36(2)41(4)38/h5-10,15-16,18,38H,11-14H2,1-4H3,(H,32,37)(H,31,33,34). The maximum Gasteiger partial charge on any atom is 0.423 e. The minimum absolute atomic E-state index is 0.0751. The number of hydrogen-bond donors (Lipinski definition) is 3. The summed E-state index contributed by atoms with van der Waals surface area (Å²) in [5, 5.41) is 5.90. The van der Waals surface area contributed by atoms with Gasteiger partial charge in [0.25, 0.3) is 5.91 Å². The molecule has 3 aromatic rings. The van der Waals surface area contributed by atoms with E-state index in [0.29, 0.717) is 23.1 Å². The molecule has 0 saturated carbocycles. The molecule has 1 saturated heterocycles. The zero-order chi connectivity index (χ0) is 29.7. The van der Waals surface area contributed by atoms with Gasteiger partial charge in [-0.2, -0.15) is 18.2 Å². The second kappa shape index (κ2) is 12.9. The van der Waals surface area contributed by atoms with E-state index < -0.39 is 25.9 Å². The Labute approximate surface area is 237 Å². The van der Waals surface area contributed by atoms with Gasteiger partial charge >= 0.3 is 6.18 Å². The van der Waals surface area contributed by atoms with Crippen LogP contribution in [0.2, 0.25) is 0 Å². The molecule has 1 aliphatic rings. The maximum atomic E-state index is 13.8. The van der Waals surface area contributed by atoms with Gasteiger partial charge in [-0.1, -0.05) is 12.1 Å². The van der Waals surface area contributed by atoms with E-state index in [1.165, 1.54) is 23.9 Å². The summed E-state index contributed by atoms with van der Waals surface area (Å²) in [6.45, 7) is 3.39. The van der Waals surface area contributed by atoms with E-state index in [2.05, 4.69) is 25.5 Å². The van der Waals surface area contributed by atoms with E-state index in [9.17, 15) is 22.9 Å². The van der Waals surface area contributed by atoms with Crippen molar-refractivity contribution in [2.75, 3.05) is 50.9 Å². The number of carbonyl (C=O) groups excluding carboxylic acids is 1. The van der Waals surface area contributed by atoms with Crippen LogP contribution in [-0.2, 0) is 6.18 Å². The Balaban J connectivity index is 1.58. The monoisotopic (exact) mass is 592 g/mol. The highest BCUT2D eigenvalue weighted by atomic mass is 31.2. The molecule has 1 aromatic heterocycles. The van der Waals surface area contributed by atoms with Gasteiger partial charge in [0.1, 0.15) is 19.6 Å². The van der Waals surface area contributed by atoms with Crippen molar-refractivity contribution in [3.05, 3.63) is 59.8 Å². The van der Waals surface area contributed by atoms with E-state index in [0.717, 1.165) is 25.9 Å². The molecule has 0 spiro atoms. The molecule has 41 heavy (non-hydrogen) atoms. The number of carbonyl (C=O) groups is 1. The number of piperidine rings is 1. The zero-order valence-corrected chi connectivity index (χ0v) is 24.0. The summed E-state index contributed by atoms with van der Waals surface area (Å²) < 4.78 is 54.1. The highest BCUT2D eigenvalue weighted by molar-refractivity contribution is 7.52. The number of likely N-dealkylation sites (tertiary alicyclic amines) is 1. The molecule has 1 atom stereocenters. The summed E-state index contributed by atoms with van der Waals surface area (Å²) in [6.07, 6.45) is -2.44. The molecule has 3 N–H and O–H groups in total. The third kappa shape index (κ3) is 7.55. The highest BCUT2D eigenvalue weighted by Gasteiger charge is 2.37. The van der Waals surface area contributed by atoms with E-state index in [-0.39, 0.29) is 29.4 Å². The van der Waals surface area contributed by atoms with Crippen LogP contribution in [0.5, 0.6) is 17.4 Å². The SMILES string of the molecule is COc1cc(C(=O)NC2CCN(C)CC2)ccc1Nc1ncc(C(F)(F)F)c(Oc2ccccc2N(C)P(C)O)n1. The van der Waals surface area contributed by atoms with Gasteiger partial charge in [0.2, 0.25) is 11.8 Å². The molecular formula is C27H32F3N6O4P. The number of amides is 1. The largest absolute Gasteiger partial charge is 0.495 e. The van der Waals surface area contributed by atoms with Crippen molar-refractivity contribution in [2.24, 2.45) is 0 Å². The molecule has 0 aliphatic carbocycles. The summed E-state index contributed by atoms with van der Waals surface area (Å²) in [7, 11) is 3.49. The number of hydrogen-bond acceptors (Lipinski definition) is 9. The predicted molar refractivity (Wildman–Crippen MR) is 151 cm³/mol. The molecule has 0 bridgehead atoms. The molecule has 1 amide bonds. The minimum Gasteiger partial charge on any atom is -0.495 e. The number of nitrogens with zero attached hydrogens (tertiary/aromatic N) is 4. The Morgan fingerprint density at radius 2 is 1.88 bits per heavy atom. The van der Waals surface area contributed by atoms with Crippen LogP contribution in [0.25, 0.3) is 0 Å². The van der Waals surface area contributed by atoms with Gasteiger partial charge in [-0.3, -0.25) is 4.79 Å². The number of benzene rings is 2. The smallest absolute Gasteiger partial charge is 0.423 e. The minimum atomic E-state index is -4.79. The Hall–Kier alpha value is -3.67. The summed E-state index contributed by atoms with van der Waals surface area (Å²) in [5.41, 5.74) is -0.0629. The van der Waals surface area contributed by atoms with Gasteiger partial charge in [0.05, 0.1) is 18.5 Å². The van der Waals surface area contributed by atoms with E-state index in [4.69, 9.17) is 9.47 Å². The van der Waals surface area contributed by atoms with Crippen molar-refractivity contribution in [1.82, 2.24) is 20.2 Å². The van der Waals surface area contributed by atoms with Gasteiger partial charge in [0, 0.05) is 24.8 Å². The van der Waals surface area contributed by atoms with Crippen molar-refractivity contribution in [1.29, 1.82) is 0 Å². The lowest BCUT2D eigenvalue weighted by Crippen LogP contribution is -2.43. The van der Waals surface area contributed by atoms with Crippen LogP contribution < -0.4 is 24.8 Å². The van der Waals surface area contributed by atoms with Crippen LogP contribution in [0.1, 0.15) is 28.8 Å². The van der Waals surface area contributed by atoms with Crippen LogP contribution in [0.4, 0.5) is 30.5 Å². The number of aromatic nitrogens is 2. The number of alkyl halides is 3. The molecule has 1 fully saturated rings. The summed E-state index contributed by atoms with van der Waals surface area (Å²) in [6, 6.07) is 11.2. The molecule has 2 aromatic carbocycles. The molecule has 0 radical (unpaired) electrons. The quantitative estimate of drug-likeness (QED) is 0.288. The second-order valence-corrected chi connectivity index (χ2v) is 11.2. The fraction of sp³-hybridized carbons (Fsp3) is 0.370. The second-order valence-electron chi connectivity index (χ2n) is 9.58. The Kier molecular flexibility index (Phi) is 9.52. The number of ether oxygens (including phenoxy) is 2. The Morgan fingerprint density at radius 1 is 1.17 bits per heavy atom. The maximum absolute atomic E-state index is 13.8. The highest BCUT2D eigenvalue weighted by Crippen LogP contribution is 2.43. The van der Waals surface area contributed by atoms with Crippen LogP contribution in [0, 0.1) is 0 Å². The van der Waals surface area contributed by atoms with E-state index in [1.807, 2.05) is 7.05 Å². The van der Waals surface area contributed by atoms with Crippen molar-refractivity contribution in [3.63, 3.8) is 0 Å². The molecule has 10 nitrogen and oxygen atoms in total. The van der Waals surface area contributed by atoms with Gasteiger partial charge < -0.3 is 34.6 Å². The fourth-order valence-corrected chi connectivity index (χ4v) is 4.72. The van der Waals surface area contributed by atoms with Gasteiger partial charge in [-0.25, -0.2) is 4.98 Å². The topological polar surface area (TPSA) is 112 Å². The third-order valence-corrected chi connectivity index (χ3v) is 7.76. The first-order valence-electron chi connectivity index (χ1n) is 12.8. The number of halogens is 3. The molecule has 220 valence electrons. The first-order valence-corrected chi connectivity index (χ1v) is 14.5. The van der Waals surface area contributed by atoms with Crippen LogP contribution >= 0.6 is 8.30 Å². The lowest BCUT2D eigenvalue weighted by molar-refractivity contribution is -0.139. The third-order valence-electron chi connectivity index (χ3n) is 6.68. The Bertz CT molecular complexity index is 1370. The number of rotatable bonds is 9. The zero-order valence-electron chi connectivity index (χ0n) is 23.1. The van der Waals surface area contributed by atoms with Crippen LogP contribution in [0.3, 0.4) is 0 Å². The lowest BCUT2D eigenvalue weighted by Gasteiger charge is -2.29. The van der Waals surface area contributed by atoms with E-state index in [1.54, 1.807) is 44.0 Å². The summed E-state index contributed by atoms with van der Waals surface area (Å²) in [4.78, 5) is 32.9. The predicted octanol–water partition coefficient (Wildman–Crippen LogP) is 5.23. The van der Waals surface area contributed by atoms with Crippen LogP contribution in [-0.4, -0.2) is 72.7 Å². The average Bonchev–Trinajstić information content (AvgIpc) is 2.93. The number of nitrogens with one attached hydrogen (secondary N) is 2. The lowest BCUT2D eigenvalue weighted by atomic mass is 10.0. The fourth-order valence-electron chi connectivity index (χ4n) is 4.25. The van der Waals surface area contributed by atoms with Gasteiger partial charge in [-0.05, 0) is 70.0 Å². The van der Waals surface area contributed by atoms with Crippen LogP contribution in [0.15, 0.2) is 48.7 Å². The summed E-state index contributed by atoms with van der Waals surface area (Å²) in [5.74, 6) is -0.791. The van der Waals surface area contributed by atoms with Gasteiger partial charge in [0.15, 0.2) is 5.75 Å². The summed E-state index contributed by atoms with van der Waals surface area (Å²) >= 11 is 0. The van der Waals surface area contributed by atoms with Crippen molar-refractivity contribution in [3.8, 4) is 17.4 Å². The molecule has 2 heterocycles. The first kappa shape index (κ1) is 30.3. The van der Waals surface area contributed by atoms with Crippen molar-refractivity contribution >= 4 is 31.5 Å². The molecular weight excluding hydrogens is 560 g/mol. The van der Waals surface area contributed by atoms with Crippen molar-refractivity contribution in [2.45, 2.75) is 25.1 Å². The molecule has 1 aliphatic heterocycles. The Morgan fingerprint density at radius 3 is 2.54 bits per heavy atom. The van der Waals surface area contributed by atoms with E-state index >= 15 is 0 Å². The molecule has 4 rings (SSSR count). The molecule has 14 heteroatoms. The molecule has 1 unspecified atom stereocenters. The number of para-hydroxylation sites is 2. The van der Waals surface area contributed by atoms with Crippen molar-refractivity contribution < 1.29 is 32.3 Å². The number of methoxy groups -OCH3 is 1.